The van der Waals surface area contributed by atoms with Crippen LogP contribution < -0.4 is 40.8 Å². The van der Waals surface area contributed by atoms with Crippen LogP contribution in [0.5, 0.6) is 11.5 Å². The van der Waals surface area contributed by atoms with Gasteiger partial charge < -0.3 is 38.4 Å². The third-order valence-corrected chi connectivity index (χ3v) is 20.1. The molecule has 9 aromatic rings. The Morgan fingerprint density at radius 2 is 0.864 bits per heavy atom. The number of rotatable bonds is 21. The van der Waals surface area contributed by atoms with Crippen LogP contribution in [0.4, 0.5) is 108 Å². The van der Waals surface area contributed by atoms with Gasteiger partial charge in [-0.3, -0.25) is 9.59 Å². The molecule has 110 heavy (non-hydrogen) atoms. The summed E-state index contributed by atoms with van der Waals surface area (Å²) in [5, 5.41) is 15.7. The Bertz CT molecular complexity index is 4560. The van der Waals surface area contributed by atoms with Gasteiger partial charge in [0.1, 0.15) is 10.9 Å². The van der Waals surface area contributed by atoms with Gasteiger partial charge in [-0.1, -0.05) is 147 Å². The predicted octanol–water partition coefficient (Wildman–Crippen LogP) is 22.2. The number of halogens is 19. The second-order valence-corrected chi connectivity index (χ2v) is 34.8. The summed E-state index contributed by atoms with van der Waals surface area (Å²) in [6.07, 6.45) is 11.9. The van der Waals surface area contributed by atoms with Crippen LogP contribution in [0.2, 0.25) is 5.02 Å². The van der Waals surface area contributed by atoms with E-state index in [1.807, 2.05) is 18.2 Å². The molecular formula is C64H77ClF18N13O7P3S4. The van der Waals surface area contributed by atoms with Crippen molar-refractivity contribution in [1.29, 1.82) is 0 Å². The first kappa shape index (κ1) is 90.2. The van der Waals surface area contributed by atoms with Gasteiger partial charge in [-0.2, -0.15) is 16.6 Å². The maximum Gasteiger partial charge on any atom is 0.186 e. The van der Waals surface area contributed by atoms with Crippen molar-refractivity contribution in [3.8, 4) is 11.5 Å². The average Bonchev–Trinajstić information content (AvgIpc) is 1.63. The number of carbonyl (C=O) groups is 2. The van der Waals surface area contributed by atoms with E-state index in [9.17, 15) is 85.1 Å². The topological polar surface area (TPSA) is 255 Å². The largest absolute Gasteiger partial charge is 0.378 e. The number of para-hydroxylation sites is 1. The monoisotopic (exact) mass is 1740 g/mol. The van der Waals surface area contributed by atoms with E-state index in [0.717, 1.165) is 150 Å². The zero-order chi connectivity index (χ0) is 81.3. The minimum absolute atomic E-state index is 0.194. The number of ketones is 2. The molecule has 612 valence electrons. The first-order valence-corrected chi connectivity index (χ1v) is 43.3. The number of ether oxygens (including phenoxy) is 5. The Balaban J connectivity index is 0.000000190. The molecule has 4 aromatic heterocycles. The van der Waals surface area contributed by atoms with Gasteiger partial charge in [0.2, 0.25) is 0 Å². The number of benzene rings is 5. The third-order valence-electron chi connectivity index (χ3n) is 15.5. The van der Waals surface area contributed by atoms with Crippen molar-refractivity contribution in [1.82, 2.24) is 19.9 Å². The number of nitrogens with zero attached hydrogens (tertiary/aromatic N) is 10. The Morgan fingerprint density at radius 1 is 0.464 bits per heavy atom. The number of hydrogen-bond acceptors (Lipinski definition) is 21. The van der Waals surface area contributed by atoms with Crippen LogP contribution in [0.1, 0.15) is 115 Å². The van der Waals surface area contributed by atoms with E-state index in [2.05, 4.69) is 79.0 Å². The van der Waals surface area contributed by atoms with Gasteiger partial charge >= 0.3 is 99.0 Å². The molecule has 5 aromatic carbocycles. The second-order valence-electron chi connectivity index (χ2n) is 24.6. The van der Waals surface area contributed by atoms with Crippen LogP contribution in [0.25, 0.3) is 40.9 Å². The van der Waals surface area contributed by atoms with Gasteiger partial charge in [0.25, 0.3) is 0 Å². The number of thiazole rings is 4. The fourth-order valence-corrected chi connectivity index (χ4v) is 15.1. The summed E-state index contributed by atoms with van der Waals surface area (Å²) >= 11 is 12.4. The smallest absolute Gasteiger partial charge is 0.186 e. The van der Waals surface area contributed by atoms with Crippen LogP contribution in [0, 0.1) is 6.92 Å². The van der Waals surface area contributed by atoms with Crippen LogP contribution in [0.3, 0.4) is 0 Å². The Morgan fingerprint density at radius 3 is 1.34 bits per heavy atom. The molecule has 0 atom stereocenters. The molecule has 3 saturated heterocycles. The summed E-state index contributed by atoms with van der Waals surface area (Å²) < 4.78 is 210. The van der Waals surface area contributed by atoms with Gasteiger partial charge in [-0.25, -0.2) is 19.9 Å². The van der Waals surface area contributed by atoms with Crippen molar-refractivity contribution in [2.75, 3.05) is 107 Å². The number of aryl methyl sites for hydroxylation is 1. The average molecular weight is 1740 g/mol. The van der Waals surface area contributed by atoms with E-state index in [0.29, 0.717) is 62.7 Å². The molecule has 3 fully saturated rings. The molecule has 0 amide bonds. The van der Waals surface area contributed by atoms with Crippen LogP contribution in [0.15, 0.2) is 94.2 Å². The standard InChI is InChI=1S/C22H21N3O3S.C19H28N4O2S.C12H14N2OS.C11H11ClN4OS.3F6P/c1-2-3-4-7-10-28-17-11-16-18(12-15(17)25-23)29-22(24-16)19-20(26)13-8-5-6-9-14(13)21(19)27;1-2-3-4-5-6-7-10-25-17-14-18-16(13-15(17)22-20)21-19(26-18)23-8-11-24-12-9-23;1-9-3-2-4-10-11(9)13-12(16-10)14-5-7-15-8-6-14;12-7-5-8-10(9(6-7)15-13)18-11(14-8)16-1-3-17-4-2-16;3*1-7(2,3,4,5)6/h5-6,8-9,11-12,19,23H,2-4,7,10H2,1H3;13-14,20H,2-12H2,1H3;2-4H,5-8H2,1H3;5-6,13H,1-4H2;;;/q;;;;3*-1/p+3. The fourth-order valence-electron chi connectivity index (χ4n) is 10.6. The van der Waals surface area contributed by atoms with Crippen molar-refractivity contribution >= 4 is 165 Å². The molecule has 0 unspecified atom stereocenters. The molecule has 3 aliphatic heterocycles. The zero-order valence-electron chi connectivity index (χ0n) is 58.8. The molecule has 46 heteroatoms. The van der Waals surface area contributed by atoms with E-state index in [4.69, 9.17) is 61.8 Å². The predicted molar refractivity (Wildman–Crippen MR) is 396 cm³/mol. The quantitative estimate of drug-likeness (QED) is 0.0199. The van der Waals surface area contributed by atoms with E-state index in [-0.39, 0.29) is 11.6 Å². The molecule has 0 spiro atoms. The summed E-state index contributed by atoms with van der Waals surface area (Å²) in [4.78, 5) is 51.0. The zero-order valence-corrected chi connectivity index (χ0v) is 65.5. The molecular weight excluding hydrogens is 1660 g/mol. The number of Topliss-reactive ketones (excluding diaryl/α,β-unsaturated/α-hetero) is 2. The Labute approximate surface area is 637 Å². The van der Waals surface area contributed by atoms with Gasteiger partial charge in [0, 0.05) is 73.6 Å². The number of unbranched alkanes of at least 4 members (excludes halogenated alkanes) is 8. The third kappa shape index (κ3) is 32.6. The molecule has 0 bridgehead atoms. The molecule has 7 heterocycles. The number of hydrogen-bond donors (Lipinski definition) is 3. The number of aromatic nitrogens is 4. The summed E-state index contributed by atoms with van der Waals surface area (Å²) in [6.45, 7) is 17.8. The SMILES string of the molecule is CCCCCCCCOc1cc2sc(N3CCOCC3)nc2cc1N=[NH2+].CCCCCCOc1cc2nc(C3C(=O)c4ccccc4C3=O)sc2cc1N=[NH2+].Cc1cccc2sc(N3CCOCC3)nc12.F[P-](F)(F)(F)(F)F.F[P-](F)(F)(F)(F)F.F[P-](F)(F)(F)(F)F.[NH2+]=Nc1cc(Cl)cc2nc(N3CCOCC3)sc12. The van der Waals surface area contributed by atoms with Gasteiger partial charge in [0.05, 0.1) is 93.7 Å². The van der Waals surface area contributed by atoms with Crippen LogP contribution in [-0.2, 0) is 14.2 Å². The Hall–Kier alpha value is -7.00. The van der Waals surface area contributed by atoms with Crippen molar-refractivity contribution in [2.45, 2.75) is 90.9 Å². The molecule has 20 nitrogen and oxygen atoms in total. The Kier molecular flexibility index (Phi) is 28.8. The fraction of sp³-hybridized carbons (Fsp3) is 0.438. The van der Waals surface area contributed by atoms with Crippen molar-refractivity contribution in [3.63, 3.8) is 0 Å². The van der Waals surface area contributed by atoms with Gasteiger partial charge in [-0.15, -0.1) is 11.3 Å². The summed E-state index contributed by atoms with van der Waals surface area (Å²) in [6, 6.07) is 24.4. The maximum atomic E-state index is 12.8. The normalized spacial score (nSPS) is 16.7. The summed E-state index contributed by atoms with van der Waals surface area (Å²) in [7, 11) is -32.0. The van der Waals surface area contributed by atoms with Crippen molar-refractivity contribution in [2.24, 2.45) is 15.3 Å². The van der Waals surface area contributed by atoms with E-state index in [1.165, 1.54) is 66.5 Å². The molecule has 13 rings (SSSR count). The molecule has 0 radical (unpaired) electrons. The number of nitrogens with two attached hydrogens (primary N) is 3. The first-order chi connectivity index (χ1) is 50.9. The minimum atomic E-state index is -10.7. The van der Waals surface area contributed by atoms with Gasteiger partial charge in [-0.05, 0) is 64.9 Å². The van der Waals surface area contributed by atoms with E-state index >= 15 is 0 Å². The second kappa shape index (κ2) is 35.2. The molecule has 0 saturated carbocycles. The van der Waals surface area contributed by atoms with E-state index in [1.54, 1.807) is 76.5 Å². The molecule has 1 aliphatic carbocycles. The number of anilines is 3. The number of morpholine rings is 3. The first-order valence-electron chi connectivity index (χ1n) is 33.6. The van der Waals surface area contributed by atoms with Crippen molar-refractivity contribution in [3.05, 3.63) is 106 Å². The number of fused-ring (bicyclic) bond motifs is 5. The van der Waals surface area contributed by atoms with Crippen LogP contribution in [-0.4, -0.2) is 124 Å². The maximum absolute atomic E-state index is 12.8. The van der Waals surface area contributed by atoms with Gasteiger partial charge in [0.15, 0.2) is 55.5 Å². The minimum Gasteiger partial charge on any atom is -0.378 e. The van der Waals surface area contributed by atoms with Crippen LogP contribution >= 0.6 is 80.4 Å². The summed E-state index contributed by atoms with van der Waals surface area (Å²) in [5.74, 6) is 0.0644. The van der Waals surface area contributed by atoms with Crippen molar-refractivity contribution < 1.29 is 125 Å². The summed E-state index contributed by atoms with van der Waals surface area (Å²) in [5.41, 5.74) is 24.2. The number of carbonyl (C=O) groups excluding carboxylic acids is 2. The van der Waals surface area contributed by atoms with E-state index < -0.39 is 29.3 Å². The molecule has 4 aliphatic rings. The molecule has 6 N–H and O–H groups in total.